The monoisotopic (exact) mass is 392 g/mol. The van der Waals surface area contributed by atoms with Crippen molar-refractivity contribution < 1.29 is 14.3 Å². The van der Waals surface area contributed by atoms with Gasteiger partial charge in [-0.05, 0) is 47.7 Å². The van der Waals surface area contributed by atoms with Crippen molar-refractivity contribution in [1.29, 1.82) is 0 Å². The number of rotatable bonds is 2. The number of aliphatic imine (C=N–C) groups is 1. The maximum atomic E-state index is 12.2. The minimum Gasteiger partial charge on any atom is -0.454 e. The lowest BCUT2D eigenvalue weighted by atomic mass is 10.2. The van der Waals surface area contributed by atoms with Crippen LogP contribution in [0.2, 0.25) is 10.0 Å². The van der Waals surface area contributed by atoms with Crippen molar-refractivity contribution in [3.63, 3.8) is 0 Å². The Morgan fingerprint density at radius 1 is 1.16 bits per heavy atom. The van der Waals surface area contributed by atoms with Gasteiger partial charge in [-0.25, -0.2) is 4.99 Å². The number of carbonyl (C=O) groups excluding carboxylic acids is 1. The second kappa shape index (κ2) is 6.63. The molecule has 1 saturated heterocycles. The molecule has 2 aliphatic rings. The lowest BCUT2D eigenvalue weighted by Gasteiger charge is -2.02. The Kier molecular flexibility index (Phi) is 4.33. The van der Waals surface area contributed by atoms with E-state index in [9.17, 15) is 4.79 Å². The van der Waals surface area contributed by atoms with Gasteiger partial charge in [-0.1, -0.05) is 29.3 Å². The highest BCUT2D eigenvalue weighted by atomic mass is 35.5. The molecule has 5 nitrogen and oxygen atoms in total. The average Bonchev–Trinajstić information content (AvgIpc) is 3.14. The molecule has 0 bridgehead atoms. The maximum Gasteiger partial charge on any atom is 0.264 e. The number of halogens is 2. The van der Waals surface area contributed by atoms with Crippen LogP contribution in [0.5, 0.6) is 11.5 Å². The molecule has 25 heavy (non-hydrogen) atoms. The average molecular weight is 393 g/mol. The highest BCUT2D eigenvalue weighted by molar-refractivity contribution is 8.18. The van der Waals surface area contributed by atoms with Crippen molar-refractivity contribution in [2.24, 2.45) is 4.99 Å². The van der Waals surface area contributed by atoms with Gasteiger partial charge in [0.15, 0.2) is 16.7 Å². The van der Waals surface area contributed by atoms with Crippen LogP contribution in [0.3, 0.4) is 0 Å². The molecule has 0 unspecified atom stereocenters. The first kappa shape index (κ1) is 16.3. The standard InChI is InChI=1S/C17H10Cl2N2O3S/c18-10-2-1-3-11(6-10)20-17-21-16(22)15(25-17)5-9-4-13-14(7-12(9)19)24-8-23-13/h1-7H,8H2,(H,20,21,22)/b15-5+. The first-order valence-electron chi connectivity index (χ1n) is 7.23. The molecule has 1 amide bonds. The van der Waals surface area contributed by atoms with Gasteiger partial charge in [0, 0.05) is 11.1 Å². The quantitative estimate of drug-likeness (QED) is 0.757. The van der Waals surface area contributed by atoms with Gasteiger partial charge in [0.2, 0.25) is 6.79 Å². The number of nitrogens with one attached hydrogen (secondary N) is 1. The summed E-state index contributed by atoms with van der Waals surface area (Å²) in [6.45, 7) is 0.164. The van der Waals surface area contributed by atoms with Crippen molar-refractivity contribution in [3.8, 4) is 11.5 Å². The van der Waals surface area contributed by atoms with E-state index in [4.69, 9.17) is 32.7 Å². The van der Waals surface area contributed by atoms with E-state index < -0.39 is 0 Å². The van der Waals surface area contributed by atoms with E-state index in [0.717, 1.165) is 0 Å². The van der Waals surface area contributed by atoms with Crippen LogP contribution in [0.1, 0.15) is 5.56 Å². The van der Waals surface area contributed by atoms with Crippen LogP contribution < -0.4 is 14.8 Å². The number of amidine groups is 1. The van der Waals surface area contributed by atoms with Crippen molar-refractivity contribution in [3.05, 3.63) is 56.9 Å². The molecule has 2 aromatic carbocycles. The third kappa shape index (κ3) is 3.46. The zero-order valence-electron chi connectivity index (χ0n) is 12.6. The molecular formula is C17H10Cl2N2O3S. The van der Waals surface area contributed by atoms with Crippen LogP contribution in [0.25, 0.3) is 6.08 Å². The van der Waals surface area contributed by atoms with E-state index in [1.165, 1.54) is 11.8 Å². The lowest BCUT2D eigenvalue weighted by molar-refractivity contribution is -0.115. The summed E-state index contributed by atoms with van der Waals surface area (Å²) < 4.78 is 10.6. The Balaban J connectivity index is 1.62. The van der Waals surface area contributed by atoms with E-state index in [2.05, 4.69) is 10.3 Å². The fourth-order valence-electron chi connectivity index (χ4n) is 2.33. The molecule has 0 spiro atoms. The van der Waals surface area contributed by atoms with E-state index in [1.54, 1.807) is 36.4 Å². The first-order chi connectivity index (χ1) is 12.1. The first-order valence-corrected chi connectivity index (χ1v) is 8.80. The molecular weight excluding hydrogens is 383 g/mol. The van der Waals surface area contributed by atoms with Gasteiger partial charge >= 0.3 is 0 Å². The summed E-state index contributed by atoms with van der Waals surface area (Å²) in [6, 6.07) is 10.5. The molecule has 1 N–H and O–H groups in total. The van der Waals surface area contributed by atoms with Gasteiger partial charge in [-0.3, -0.25) is 4.79 Å². The van der Waals surface area contributed by atoms with E-state index in [-0.39, 0.29) is 12.7 Å². The molecule has 2 aliphatic heterocycles. The van der Waals surface area contributed by atoms with Gasteiger partial charge in [0.05, 0.1) is 15.6 Å². The van der Waals surface area contributed by atoms with Gasteiger partial charge in [-0.2, -0.15) is 0 Å². The lowest BCUT2D eigenvalue weighted by Crippen LogP contribution is -2.19. The minimum atomic E-state index is -0.237. The summed E-state index contributed by atoms with van der Waals surface area (Å²) in [7, 11) is 0. The van der Waals surface area contributed by atoms with Crippen LogP contribution >= 0.6 is 35.0 Å². The smallest absolute Gasteiger partial charge is 0.264 e. The minimum absolute atomic E-state index is 0.164. The molecule has 0 aromatic heterocycles. The summed E-state index contributed by atoms with van der Waals surface area (Å²) in [5.74, 6) is 0.964. The fourth-order valence-corrected chi connectivity index (χ4v) is 3.55. The summed E-state index contributed by atoms with van der Waals surface area (Å²) in [4.78, 5) is 17.1. The van der Waals surface area contributed by atoms with Gasteiger partial charge in [0.25, 0.3) is 5.91 Å². The Morgan fingerprint density at radius 3 is 2.76 bits per heavy atom. The van der Waals surface area contributed by atoms with Crippen LogP contribution in [0.4, 0.5) is 5.69 Å². The zero-order valence-corrected chi connectivity index (χ0v) is 14.9. The molecule has 2 aromatic rings. The van der Waals surface area contributed by atoms with Crippen molar-refractivity contribution in [2.45, 2.75) is 0 Å². The summed E-state index contributed by atoms with van der Waals surface area (Å²) in [6.07, 6.45) is 1.70. The van der Waals surface area contributed by atoms with Crippen LogP contribution in [0.15, 0.2) is 46.3 Å². The van der Waals surface area contributed by atoms with E-state index in [1.807, 2.05) is 6.07 Å². The van der Waals surface area contributed by atoms with Gasteiger partial charge in [0.1, 0.15) is 0 Å². The zero-order chi connectivity index (χ0) is 17.4. The summed E-state index contributed by atoms with van der Waals surface area (Å²) in [5.41, 5.74) is 1.34. The summed E-state index contributed by atoms with van der Waals surface area (Å²) >= 11 is 13.4. The normalized spacial score (nSPS) is 18.9. The number of hydrogen-bond acceptors (Lipinski definition) is 5. The third-order valence-electron chi connectivity index (χ3n) is 3.47. The molecule has 0 radical (unpaired) electrons. The molecule has 2 heterocycles. The van der Waals surface area contributed by atoms with Crippen LogP contribution in [-0.4, -0.2) is 17.9 Å². The Labute approximate surface area is 157 Å². The number of thioether (sulfide) groups is 1. The molecule has 1 fully saturated rings. The molecule has 0 aliphatic carbocycles. The van der Waals surface area contributed by atoms with Gasteiger partial charge in [-0.15, -0.1) is 0 Å². The third-order valence-corrected chi connectivity index (χ3v) is 4.94. The summed E-state index contributed by atoms with van der Waals surface area (Å²) in [5, 5.41) is 4.27. The number of nitrogens with zero attached hydrogens (tertiary/aromatic N) is 1. The van der Waals surface area contributed by atoms with E-state index >= 15 is 0 Å². The molecule has 0 saturated carbocycles. The van der Waals surface area contributed by atoms with Crippen molar-refractivity contribution in [1.82, 2.24) is 5.32 Å². The number of hydrogen-bond donors (Lipinski definition) is 1. The van der Waals surface area contributed by atoms with Crippen molar-refractivity contribution in [2.75, 3.05) is 6.79 Å². The van der Waals surface area contributed by atoms with Crippen LogP contribution in [0, 0.1) is 0 Å². The van der Waals surface area contributed by atoms with Crippen LogP contribution in [-0.2, 0) is 4.79 Å². The number of fused-ring (bicyclic) bond motifs is 1. The van der Waals surface area contributed by atoms with Gasteiger partial charge < -0.3 is 14.8 Å². The molecule has 4 rings (SSSR count). The second-order valence-corrected chi connectivity index (χ2v) is 7.06. The largest absolute Gasteiger partial charge is 0.454 e. The van der Waals surface area contributed by atoms with E-state index in [0.29, 0.717) is 42.9 Å². The Morgan fingerprint density at radius 2 is 1.96 bits per heavy atom. The maximum absolute atomic E-state index is 12.2. The number of amides is 1. The molecule has 0 atom stereocenters. The topological polar surface area (TPSA) is 59.9 Å². The second-order valence-electron chi connectivity index (χ2n) is 5.19. The SMILES string of the molecule is O=C1NC(=Nc2cccc(Cl)c2)S/C1=C/c1cc2c(cc1Cl)OCO2. The molecule has 8 heteroatoms. The number of carbonyl (C=O) groups is 1. The number of benzene rings is 2. The fraction of sp³-hybridized carbons (Fsp3) is 0.0588. The van der Waals surface area contributed by atoms with Crippen molar-refractivity contribution >= 4 is 57.8 Å². The highest BCUT2D eigenvalue weighted by Crippen LogP contribution is 2.38. The Bertz CT molecular complexity index is 943. The predicted molar refractivity (Wildman–Crippen MR) is 99.8 cm³/mol. The Hall–Kier alpha value is -2.15. The predicted octanol–water partition coefficient (Wildman–Crippen LogP) is 4.61. The number of ether oxygens (including phenoxy) is 2. The highest BCUT2D eigenvalue weighted by Gasteiger charge is 2.25. The molecule has 126 valence electrons.